The summed E-state index contributed by atoms with van der Waals surface area (Å²) in [4.78, 5) is 26.9. The number of aromatic nitrogens is 4. The summed E-state index contributed by atoms with van der Waals surface area (Å²) in [5.74, 6) is 0. The first-order valence-electron chi connectivity index (χ1n) is 11.1. The summed E-state index contributed by atoms with van der Waals surface area (Å²) in [5, 5.41) is 1.48. The molecule has 2 unspecified atom stereocenters. The lowest BCUT2D eigenvalue weighted by Gasteiger charge is -2.38. The summed E-state index contributed by atoms with van der Waals surface area (Å²) in [6.07, 6.45) is 12.0. The van der Waals surface area contributed by atoms with Gasteiger partial charge in [-0.15, -0.1) is 0 Å². The minimum Gasteiger partial charge on any atom is -0.309 e. The number of hydrogen-bond acceptors (Lipinski definition) is 5. The lowest BCUT2D eigenvalue weighted by molar-refractivity contribution is 0.0837. The van der Waals surface area contributed by atoms with Crippen LogP contribution in [0.4, 0.5) is 0 Å². The fourth-order valence-corrected chi connectivity index (χ4v) is 5.78. The van der Waals surface area contributed by atoms with E-state index < -0.39 is 0 Å². The third kappa shape index (κ3) is 3.46. The summed E-state index contributed by atoms with van der Waals surface area (Å²) in [7, 11) is 2.27. The van der Waals surface area contributed by atoms with Crippen molar-refractivity contribution in [1.82, 2.24) is 28.7 Å². The van der Waals surface area contributed by atoms with Crippen molar-refractivity contribution in [3.63, 3.8) is 0 Å². The second kappa shape index (κ2) is 7.79. The maximum atomic E-state index is 12.9. The number of nitrogens with zero attached hydrogens (tertiary/aromatic N) is 6. The zero-order valence-corrected chi connectivity index (χ0v) is 19.6. The SMILES string of the molecule is CN1C2CCC1CN(Cc1ccc3nc(Cn4ccc5c(Br)cncc5c4=O)cn3c1)C2. The molecule has 6 rings (SSSR count). The molecule has 0 N–H and O–H groups in total. The molecule has 2 bridgehead atoms. The highest BCUT2D eigenvalue weighted by molar-refractivity contribution is 9.10. The van der Waals surface area contributed by atoms with E-state index in [1.807, 2.05) is 18.5 Å². The Morgan fingerprint density at radius 1 is 1.03 bits per heavy atom. The Hall–Kier alpha value is -2.55. The second-order valence-electron chi connectivity index (χ2n) is 9.11. The van der Waals surface area contributed by atoms with E-state index >= 15 is 0 Å². The van der Waals surface area contributed by atoms with Gasteiger partial charge >= 0.3 is 0 Å². The van der Waals surface area contributed by atoms with Gasteiger partial charge in [-0.1, -0.05) is 6.07 Å². The van der Waals surface area contributed by atoms with Crippen LogP contribution >= 0.6 is 15.9 Å². The molecule has 4 aromatic rings. The quantitative estimate of drug-likeness (QED) is 0.438. The van der Waals surface area contributed by atoms with Gasteiger partial charge in [-0.05, 0) is 53.5 Å². The molecule has 0 amide bonds. The lowest BCUT2D eigenvalue weighted by Crippen LogP contribution is -2.51. The van der Waals surface area contributed by atoms with Crippen molar-refractivity contribution in [3.8, 4) is 0 Å². The maximum Gasteiger partial charge on any atom is 0.260 e. The van der Waals surface area contributed by atoms with Crippen LogP contribution in [0.15, 0.2) is 58.5 Å². The third-order valence-corrected chi connectivity index (χ3v) is 7.71. The van der Waals surface area contributed by atoms with E-state index in [1.165, 1.54) is 18.4 Å². The van der Waals surface area contributed by atoms with E-state index in [-0.39, 0.29) is 5.56 Å². The van der Waals surface area contributed by atoms with Crippen LogP contribution in [0, 0.1) is 0 Å². The van der Waals surface area contributed by atoms with Crippen molar-refractivity contribution in [2.75, 3.05) is 20.1 Å². The number of rotatable bonds is 4. The number of hydrogen-bond donors (Lipinski definition) is 0. The Morgan fingerprint density at radius 2 is 1.84 bits per heavy atom. The number of likely N-dealkylation sites (N-methyl/N-ethyl adjacent to an activating group) is 1. The third-order valence-electron chi connectivity index (χ3n) is 7.08. The zero-order valence-electron chi connectivity index (χ0n) is 18.0. The Morgan fingerprint density at radius 3 is 2.66 bits per heavy atom. The van der Waals surface area contributed by atoms with Crippen LogP contribution in [-0.4, -0.2) is 61.0 Å². The normalized spacial score (nSPS) is 21.7. The van der Waals surface area contributed by atoms with Gasteiger partial charge in [0.25, 0.3) is 5.56 Å². The largest absolute Gasteiger partial charge is 0.309 e. The molecule has 2 aliphatic heterocycles. The highest BCUT2D eigenvalue weighted by Gasteiger charge is 2.37. The Kier molecular flexibility index (Phi) is 4.89. The summed E-state index contributed by atoms with van der Waals surface area (Å²) in [6, 6.07) is 7.60. The molecule has 8 heteroatoms. The van der Waals surface area contributed by atoms with Crippen LogP contribution in [0.2, 0.25) is 0 Å². The summed E-state index contributed by atoms with van der Waals surface area (Å²) >= 11 is 3.47. The van der Waals surface area contributed by atoms with Gasteiger partial charge in [-0.3, -0.25) is 19.6 Å². The van der Waals surface area contributed by atoms with Crippen LogP contribution in [0.25, 0.3) is 16.4 Å². The van der Waals surface area contributed by atoms with Gasteiger partial charge < -0.3 is 8.97 Å². The summed E-state index contributed by atoms with van der Waals surface area (Å²) < 4.78 is 4.60. The predicted molar refractivity (Wildman–Crippen MR) is 128 cm³/mol. The van der Waals surface area contributed by atoms with Crippen LogP contribution in [0.5, 0.6) is 0 Å². The molecule has 2 saturated heterocycles. The highest BCUT2D eigenvalue weighted by atomic mass is 79.9. The number of likely N-dealkylation sites (tertiary alicyclic amines) is 1. The Labute approximate surface area is 194 Å². The minimum absolute atomic E-state index is 0.0567. The Bertz CT molecular complexity index is 1360. The standard InChI is InChI=1S/C24H25BrN6O/c1-28-18-3-4-19(28)15-29(14-18)10-16-2-5-23-27-17(13-31(23)11-16)12-30-7-6-20-21(24(30)32)8-26-9-22(20)25/h2,5-9,11,13,18-19H,3-4,10,12,14-15H2,1H3. The van der Waals surface area contributed by atoms with Crippen molar-refractivity contribution >= 4 is 32.3 Å². The number of halogens is 1. The molecule has 164 valence electrons. The molecule has 0 aromatic carbocycles. The van der Waals surface area contributed by atoms with Crippen molar-refractivity contribution in [1.29, 1.82) is 0 Å². The van der Waals surface area contributed by atoms with Gasteiger partial charge in [0, 0.05) is 72.6 Å². The van der Waals surface area contributed by atoms with Gasteiger partial charge in [-0.2, -0.15) is 0 Å². The van der Waals surface area contributed by atoms with Crippen molar-refractivity contribution in [3.05, 3.63) is 75.3 Å². The van der Waals surface area contributed by atoms with Crippen LogP contribution < -0.4 is 5.56 Å². The molecule has 2 aliphatic rings. The van der Waals surface area contributed by atoms with Gasteiger partial charge in [-0.25, -0.2) is 4.98 Å². The highest BCUT2D eigenvalue weighted by Crippen LogP contribution is 2.29. The summed E-state index contributed by atoms with van der Waals surface area (Å²) in [6.45, 7) is 3.70. The van der Waals surface area contributed by atoms with Crippen molar-refractivity contribution in [2.45, 2.75) is 38.0 Å². The average Bonchev–Trinajstić information content (AvgIpc) is 3.25. The molecule has 32 heavy (non-hydrogen) atoms. The van der Waals surface area contributed by atoms with Gasteiger partial charge in [0.05, 0.1) is 17.6 Å². The predicted octanol–water partition coefficient (Wildman–Crippen LogP) is 3.13. The van der Waals surface area contributed by atoms with E-state index in [2.05, 4.69) is 60.5 Å². The minimum atomic E-state index is -0.0567. The summed E-state index contributed by atoms with van der Waals surface area (Å²) in [5.41, 5.74) is 3.01. The molecule has 6 heterocycles. The Balaban J connectivity index is 1.23. The van der Waals surface area contributed by atoms with E-state index in [4.69, 9.17) is 4.98 Å². The lowest BCUT2D eigenvalue weighted by atomic mass is 10.1. The molecule has 2 atom stereocenters. The molecular formula is C24H25BrN6O. The average molecular weight is 493 g/mol. The first-order valence-corrected chi connectivity index (χ1v) is 11.9. The van der Waals surface area contributed by atoms with E-state index in [9.17, 15) is 4.79 Å². The fraction of sp³-hybridized carbons (Fsp3) is 0.375. The number of fused-ring (bicyclic) bond motifs is 4. The number of piperazine rings is 1. The van der Waals surface area contributed by atoms with E-state index in [1.54, 1.807) is 17.0 Å². The second-order valence-corrected chi connectivity index (χ2v) is 9.97. The molecule has 4 aromatic heterocycles. The molecule has 2 fully saturated rings. The fourth-order valence-electron chi connectivity index (χ4n) is 5.32. The van der Waals surface area contributed by atoms with E-state index in [0.29, 0.717) is 24.0 Å². The van der Waals surface area contributed by atoms with Gasteiger partial charge in [0.2, 0.25) is 0 Å². The van der Waals surface area contributed by atoms with Crippen LogP contribution in [0.3, 0.4) is 0 Å². The van der Waals surface area contributed by atoms with Crippen molar-refractivity contribution < 1.29 is 0 Å². The van der Waals surface area contributed by atoms with Crippen LogP contribution in [0.1, 0.15) is 24.1 Å². The molecular weight excluding hydrogens is 468 g/mol. The smallest absolute Gasteiger partial charge is 0.260 e. The molecule has 0 aliphatic carbocycles. The van der Waals surface area contributed by atoms with Crippen molar-refractivity contribution in [2.24, 2.45) is 0 Å². The van der Waals surface area contributed by atoms with E-state index in [0.717, 1.165) is 40.8 Å². The first-order chi connectivity index (χ1) is 15.5. The van der Waals surface area contributed by atoms with Crippen LogP contribution in [-0.2, 0) is 13.1 Å². The molecule has 0 spiro atoms. The topological polar surface area (TPSA) is 58.7 Å². The number of pyridine rings is 3. The zero-order chi connectivity index (χ0) is 21.8. The molecule has 0 radical (unpaired) electrons. The molecule has 0 saturated carbocycles. The number of imidazole rings is 1. The van der Waals surface area contributed by atoms with Gasteiger partial charge in [0.15, 0.2) is 0 Å². The maximum absolute atomic E-state index is 12.9. The molecule has 7 nitrogen and oxygen atoms in total. The van der Waals surface area contributed by atoms with Gasteiger partial charge in [0.1, 0.15) is 5.65 Å². The first kappa shape index (κ1) is 20.1. The monoisotopic (exact) mass is 492 g/mol.